The van der Waals surface area contributed by atoms with Gasteiger partial charge in [0.2, 0.25) is 0 Å². The number of ether oxygens (including phenoxy) is 1. The normalized spacial score (nSPS) is 26.8. The topological polar surface area (TPSA) is 35.2 Å². The highest BCUT2D eigenvalue weighted by Crippen LogP contribution is 2.42. The molecule has 0 bridgehead atoms. The van der Waals surface area contributed by atoms with Crippen molar-refractivity contribution >= 4 is 0 Å². The van der Waals surface area contributed by atoms with Crippen molar-refractivity contribution in [3.63, 3.8) is 0 Å². The molecule has 3 rings (SSSR count). The van der Waals surface area contributed by atoms with E-state index in [0.717, 1.165) is 19.4 Å². The number of nitrogens with two attached hydrogens (primary N) is 1. The molecule has 2 nitrogen and oxygen atoms in total. The van der Waals surface area contributed by atoms with E-state index >= 15 is 0 Å². The molecule has 1 aromatic carbocycles. The largest absolute Gasteiger partial charge is 0.375 e. The third kappa shape index (κ3) is 3.07. The van der Waals surface area contributed by atoms with E-state index in [-0.39, 0.29) is 11.6 Å². The lowest BCUT2D eigenvalue weighted by Gasteiger charge is -2.40. The summed E-state index contributed by atoms with van der Waals surface area (Å²) in [4.78, 5) is 0. The maximum absolute atomic E-state index is 6.53. The maximum Gasteiger partial charge on any atom is 0.0685 e. The van der Waals surface area contributed by atoms with Gasteiger partial charge >= 0.3 is 0 Å². The van der Waals surface area contributed by atoms with Crippen molar-refractivity contribution in [3.05, 3.63) is 35.4 Å². The van der Waals surface area contributed by atoms with Crippen LogP contribution in [-0.4, -0.2) is 18.2 Å². The standard InChI is InChI=1S/C18H27NO/c1-14-5-4-6-15(11-14)12-17(19)16-7-10-20-18(13-16)8-2-3-9-18/h4-6,11,16-17H,2-3,7-10,12-13,19H2,1H3. The lowest BCUT2D eigenvalue weighted by Crippen LogP contribution is -2.44. The van der Waals surface area contributed by atoms with Crippen LogP contribution in [0.4, 0.5) is 0 Å². The van der Waals surface area contributed by atoms with Gasteiger partial charge in [-0.2, -0.15) is 0 Å². The Labute approximate surface area is 122 Å². The molecule has 20 heavy (non-hydrogen) atoms. The van der Waals surface area contributed by atoms with E-state index in [2.05, 4.69) is 31.2 Å². The second-order valence-corrected chi connectivity index (χ2v) is 6.85. The molecule has 2 aliphatic rings. The molecule has 2 fully saturated rings. The van der Waals surface area contributed by atoms with Gasteiger partial charge < -0.3 is 10.5 Å². The summed E-state index contributed by atoms with van der Waals surface area (Å²) in [6.45, 7) is 3.06. The van der Waals surface area contributed by atoms with E-state index < -0.39 is 0 Å². The van der Waals surface area contributed by atoms with Crippen molar-refractivity contribution in [3.8, 4) is 0 Å². The van der Waals surface area contributed by atoms with Gasteiger partial charge in [0, 0.05) is 12.6 Å². The Morgan fingerprint density at radius 3 is 2.90 bits per heavy atom. The fourth-order valence-electron chi connectivity index (χ4n) is 4.08. The lowest BCUT2D eigenvalue weighted by molar-refractivity contribution is -0.0960. The number of benzene rings is 1. The van der Waals surface area contributed by atoms with Crippen LogP contribution in [0.5, 0.6) is 0 Å². The van der Waals surface area contributed by atoms with E-state index in [9.17, 15) is 0 Å². The zero-order valence-electron chi connectivity index (χ0n) is 12.6. The van der Waals surface area contributed by atoms with Gasteiger partial charge in [-0.3, -0.25) is 0 Å². The van der Waals surface area contributed by atoms with Gasteiger partial charge in [0.05, 0.1) is 5.60 Å². The van der Waals surface area contributed by atoms with Gasteiger partial charge in [-0.1, -0.05) is 42.7 Å². The molecule has 1 aliphatic heterocycles. The average Bonchev–Trinajstić information content (AvgIpc) is 2.87. The fourth-order valence-corrected chi connectivity index (χ4v) is 4.08. The van der Waals surface area contributed by atoms with E-state index in [4.69, 9.17) is 10.5 Å². The molecule has 2 heteroatoms. The van der Waals surface area contributed by atoms with Crippen LogP contribution >= 0.6 is 0 Å². The molecule has 0 radical (unpaired) electrons. The molecule has 1 spiro atoms. The highest BCUT2D eigenvalue weighted by atomic mass is 16.5. The molecule has 1 saturated heterocycles. The van der Waals surface area contributed by atoms with E-state index in [1.807, 2.05) is 0 Å². The van der Waals surface area contributed by atoms with Crippen LogP contribution in [0.3, 0.4) is 0 Å². The smallest absolute Gasteiger partial charge is 0.0685 e. The Morgan fingerprint density at radius 1 is 1.35 bits per heavy atom. The Kier molecular flexibility index (Phi) is 4.13. The molecular weight excluding hydrogens is 246 g/mol. The van der Waals surface area contributed by atoms with Crippen LogP contribution in [-0.2, 0) is 11.2 Å². The second kappa shape index (κ2) is 5.87. The first-order valence-electron chi connectivity index (χ1n) is 8.12. The van der Waals surface area contributed by atoms with Crippen LogP contribution < -0.4 is 5.73 Å². The predicted molar refractivity (Wildman–Crippen MR) is 82.7 cm³/mol. The minimum Gasteiger partial charge on any atom is -0.375 e. The van der Waals surface area contributed by atoms with Gasteiger partial charge in [-0.15, -0.1) is 0 Å². The third-order valence-electron chi connectivity index (χ3n) is 5.21. The van der Waals surface area contributed by atoms with Gasteiger partial charge in [0.1, 0.15) is 0 Å². The van der Waals surface area contributed by atoms with Gasteiger partial charge in [0.25, 0.3) is 0 Å². The van der Waals surface area contributed by atoms with E-state index in [1.165, 1.54) is 43.2 Å². The first-order valence-corrected chi connectivity index (χ1v) is 8.12. The molecule has 1 heterocycles. The molecule has 110 valence electrons. The quantitative estimate of drug-likeness (QED) is 0.913. The molecule has 2 N–H and O–H groups in total. The lowest BCUT2D eigenvalue weighted by atomic mass is 9.79. The molecule has 2 unspecified atom stereocenters. The summed E-state index contributed by atoms with van der Waals surface area (Å²) in [5.74, 6) is 0.627. The van der Waals surface area contributed by atoms with Crippen molar-refractivity contribution in [2.24, 2.45) is 11.7 Å². The molecule has 1 saturated carbocycles. The Hall–Kier alpha value is -0.860. The predicted octanol–water partition coefficient (Wildman–Crippen LogP) is 3.60. The summed E-state index contributed by atoms with van der Waals surface area (Å²) < 4.78 is 6.12. The monoisotopic (exact) mass is 273 g/mol. The highest BCUT2D eigenvalue weighted by Gasteiger charge is 2.41. The first-order chi connectivity index (χ1) is 9.67. The summed E-state index contributed by atoms with van der Waals surface area (Å²) in [5, 5.41) is 0. The molecule has 1 aliphatic carbocycles. The summed E-state index contributed by atoms with van der Waals surface area (Å²) in [6, 6.07) is 9.04. The highest BCUT2D eigenvalue weighted by molar-refractivity contribution is 5.23. The maximum atomic E-state index is 6.53. The van der Waals surface area contributed by atoms with Crippen molar-refractivity contribution in [2.45, 2.75) is 63.5 Å². The minimum atomic E-state index is 0.188. The second-order valence-electron chi connectivity index (χ2n) is 6.85. The van der Waals surface area contributed by atoms with Gasteiger partial charge in [-0.25, -0.2) is 0 Å². The van der Waals surface area contributed by atoms with Crippen LogP contribution in [0.1, 0.15) is 49.7 Å². The Balaban J connectivity index is 1.63. The molecule has 2 atom stereocenters. The molecular formula is C18H27NO. The molecule has 0 amide bonds. The van der Waals surface area contributed by atoms with Gasteiger partial charge in [0.15, 0.2) is 0 Å². The summed E-state index contributed by atoms with van der Waals surface area (Å²) >= 11 is 0. The first kappa shape index (κ1) is 14.1. The number of rotatable bonds is 3. The average molecular weight is 273 g/mol. The summed E-state index contributed by atoms with van der Waals surface area (Å²) in [7, 11) is 0. The minimum absolute atomic E-state index is 0.188. The van der Waals surface area contributed by atoms with E-state index in [1.54, 1.807) is 0 Å². The Bertz CT molecular complexity index is 450. The number of hydrogen-bond donors (Lipinski definition) is 1. The Morgan fingerprint density at radius 2 is 2.15 bits per heavy atom. The summed E-state index contributed by atoms with van der Waals surface area (Å²) in [5.41, 5.74) is 9.42. The van der Waals surface area contributed by atoms with Crippen LogP contribution in [0.15, 0.2) is 24.3 Å². The fraction of sp³-hybridized carbons (Fsp3) is 0.667. The van der Waals surface area contributed by atoms with Crippen molar-refractivity contribution in [1.82, 2.24) is 0 Å². The van der Waals surface area contributed by atoms with Crippen molar-refractivity contribution in [2.75, 3.05) is 6.61 Å². The van der Waals surface area contributed by atoms with Gasteiger partial charge in [-0.05, 0) is 50.5 Å². The van der Waals surface area contributed by atoms with Crippen LogP contribution in [0.25, 0.3) is 0 Å². The number of aryl methyl sites for hydroxylation is 1. The van der Waals surface area contributed by atoms with Crippen LogP contribution in [0.2, 0.25) is 0 Å². The number of hydrogen-bond acceptors (Lipinski definition) is 2. The zero-order chi connectivity index (χ0) is 14.0. The van der Waals surface area contributed by atoms with Crippen LogP contribution in [0, 0.1) is 12.8 Å². The summed E-state index contributed by atoms with van der Waals surface area (Å²) in [6.07, 6.45) is 8.48. The van der Waals surface area contributed by atoms with Crippen molar-refractivity contribution < 1.29 is 4.74 Å². The zero-order valence-corrected chi connectivity index (χ0v) is 12.6. The third-order valence-corrected chi connectivity index (χ3v) is 5.21. The SMILES string of the molecule is Cc1cccc(CC(N)C2CCOC3(CCCC3)C2)c1. The van der Waals surface area contributed by atoms with Crippen molar-refractivity contribution in [1.29, 1.82) is 0 Å². The molecule has 1 aromatic rings. The van der Waals surface area contributed by atoms with E-state index in [0.29, 0.717) is 5.92 Å². The molecule has 0 aromatic heterocycles.